The molecule has 3 heterocycles. The summed E-state index contributed by atoms with van der Waals surface area (Å²) in [6.07, 6.45) is 2.46. The molecule has 2 aliphatic heterocycles. The van der Waals surface area contributed by atoms with E-state index in [2.05, 4.69) is 10.3 Å². The number of hydrogen-bond donors (Lipinski definition) is 2. The lowest BCUT2D eigenvalue weighted by Gasteiger charge is -2.16. The smallest absolute Gasteiger partial charge is 0.373 e. The molecule has 5 atom stereocenters. The summed E-state index contributed by atoms with van der Waals surface area (Å²) in [7, 11) is 0. The van der Waals surface area contributed by atoms with Crippen LogP contribution < -0.4 is 5.32 Å². The number of carbonyl (C=O) groups excluding carboxylic acids is 7. The molecule has 1 fully saturated rings. The predicted molar refractivity (Wildman–Crippen MR) is 199 cm³/mol. The van der Waals surface area contributed by atoms with Crippen LogP contribution in [0.3, 0.4) is 0 Å². The molecule has 59 heavy (non-hydrogen) atoms. The number of hydrogen-bond acceptors (Lipinski definition) is 11. The first kappa shape index (κ1) is 52.1. The van der Waals surface area contributed by atoms with Crippen molar-refractivity contribution in [2.75, 3.05) is 19.8 Å². The molecule has 0 saturated carbocycles. The zero-order valence-corrected chi connectivity index (χ0v) is 34.1. The van der Waals surface area contributed by atoms with Gasteiger partial charge in [0.1, 0.15) is 11.6 Å². The van der Waals surface area contributed by atoms with Crippen molar-refractivity contribution in [1.29, 1.82) is 0 Å². The fraction of sp³-hybridized carbons (Fsp3) is 0.487. The molecule has 2 aliphatic rings. The third-order valence-corrected chi connectivity index (χ3v) is 9.96. The number of imidazole rings is 1. The zero-order valence-electron chi connectivity index (χ0n) is 32.5. The monoisotopic (exact) mass is 879 g/mol. The van der Waals surface area contributed by atoms with Gasteiger partial charge in [0.05, 0.1) is 31.1 Å². The summed E-state index contributed by atoms with van der Waals surface area (Å²) in [4.78, 5) is 71.9. The van der Waals surface area contributed by atoms with Gasteiger partial charge in [-0.3, -0.25) is 14.4 Å². The Kier molecular flexibility index (Phi) is 22.5. The summed E-state index contributed by atoms with van der Waals surface area (Å²) < 4.78 is 95.3. The van der Waals surface area contributed by atoms with Crippen molar-refractivity contribution in [3.8, 4) is 0 Å². The van der Waals surface area contributed by atoms with Gasteiger partial charge in [0, 0.05) is 60.3 Å². The highest BCUT2D eigenvalue weighted by molar-refractivity contribution is 7.71. The van der Waals surface area contributed by atoms with Crippen LogP contribution in [0.5, 0.6) is 0 Å². The number of ether oxygens (including phenoxy) is 2. The van der Waals surface area contributed by atoms with Crippen LogP contribution in [0.1, 0.15) is 87.7 Å². The van der Waals surface area contributed by atoms with Gasteiger partial charge in [-0.05, 0) is 76.0 Å². The molecular weight excluding hydrogens is 836 g/mol. The highest BCUT2D eigenvalue weighted by Crippen LogP contribution is 2.36. The van der Waals surface area contributed by atoms with Crippen molar-refractivity contribution in [1.82, 2.24) is 14.9 Å². The molecule has 1 saturated heterocycles. The van der Waals surface area contributed by atoms with Crippen LogP contribution in [0.15, 0.2) is 24.3 Å². The van der Waals surface area contributed by atoms with Gasteiger partial charge >= 0.3 is 24.2 Å². The number of fused-ring (bicyclic) bond motifs is 1. The van der Waals surface area contributed by atoms with Crippen molar-refractivity contribution >= 4 is 54.6 Å². The van der Waals surface area contributed by atoms with Gasteiger partial charge in [-0.2, -0.15) is 19.2 Å². The Labute approximate surface area is 346 Å². The van der Waals surface area contributed by atoms with Crippen LogP contribution in [0, 0.1) is 51.5 Å². The molecule has 0 amide bonds. The lowest BCUT2D eigenvalue weighted by molar-refractivity contribution is -0.193. The van der Waals surface area contributed by atoms with E-state index in [0.717, 1.165) is 35.7 Å². The molecule has 0 radical (unpaired) electrons. The number of rotatable bonds is 13. The minimum atomic E-state index is -1.21. The van der Waals surface area contributed by atoms with Gasteiger partial charge in [0.15, 0.2) is 33.8 Å². The van der Waals surface area contributed by atoms with E-state index in [9.17, 15) is 40.7 Å². The predicted octanol–water partition coefficient (Wildman–Crippen LogP) is 6.79. The summed E-state index contributed by atoms with van der Waals surface area (Å²) in [5, 5.41) is 2.92. The van der Waals surface area contributed by atoms with E-state index in [1.54, 1.807) is 25.3 Å². The van der Waals surface area contributed by atoms with Crippen molar-refractivity contribution in [2.24, 2.45) is 11.8 Å². The Morgan fingerprint density at radius 1 is 0.780 bits per heavy atom. The molecular formula is C39H44ClF6N3O9S. The second-order valence-corrected chi connectivity index (χ2v) is 13.4. The van der Waals surface area contributed by atoms with Crippen LogP contribution >= 0.6 is 24.6 Å². The van der Waals surface area contributed by atoms with Crippen molar-refractivity contribution in [3.05, 3.63) is 86.5 Å². The quantitative estimate of drug-likeness (QED) is 0.0803. The number of ketones is 1. The van der Waals surface area contributed by atoms with Gasteiger partial charge in [0.25, 0.3) is 0 Å². The number of benzene rings is 2. The first-order valence-corrected chi connectivity index (χ1v) is 18.6. The summed E-state index contributed by atoms with van der Waals surface area (Å²) in [5.41, 5.74) is 0.979. The van der Waals surface area contributed by atoms with Gasteiger partial charge in [0.2, 0.25) is 0 Å². The number of Topliss-reactive ketones (excluding diaryl/α,β-unsaturated/α-hetero) is 1. The van der Waals surface area contributed by atoms with Crippen LogP contribution in [-0.2, 0) is 62.4 Å². The van der Waals surface area contributed by atoms with Crippen LogP contribution in [0.2, 0.25) is 0 Å². The molecule has 1 aromatic heterocycles. The lowest BCUT2D eigenvalue weighted by atomic mass is 9.91. The third-order valence-electron chi connectivity index (χ3n) is 9.64. The van der Waals surface area contributed by atoms with Crippen LogP contribution in [-0.4, -0.2) is 65.4 Å². The fourth-order valence-electron chi connectivity index (χ4n) is 6.84. The van der Waals surface area contributed by atoms with Gasteiger partial charge in [-0.1, -0.05) is 13.8 Å². The Bertz CT molecular complexity index is 2020. The van der Waals surface area contributed by atoms with E-state index in [1.165, 1.54) is 0 Å². The second kappa shape index (κ2) is 25.5. The molecule has 0 aliphatic carbocycles. The Morgan fingerprint density at radius 2 is 1.24 bits per heavy atom. The Balaban J connectivity index is 0.000000514. The van der Waals surface area contributed by atoms with E-state index >= 15 is 0 Å². The fourth-order valence-corrected chi connectivity index (χ4v) is 7.14. The van der Waals surface area contributed by atoms with E-state index in [-0.39, 0.29) is 86.0 Å². The number of aromatic amines is 1. The summed E-state index contributed by atoms with van der Waals surface area (Å²) in [5.74, 6) is -9.08. The SMILES string of the molecule is CCOC(=O)C(CC)CC(=O)C1C[C@H](c2c(F)ccc(F)c2F)CN1.CCOC(=O)C(CC)Cc1[nH]c(=S)n2c1C[C@H](c1c(F)ccc(F)c1F)C2.Cl.O=C=O.O=C=O. The number of aromatic nitrogens is 2. The molecule has 2 aromatic carbocycles. The maximum absolute atomic E-state index is 14.2. The largest absolute Gasteiger partial charge is 0.466 e. The maximum atomic E-state index is 14.2. The molecule has 3 unspecified atom stereocenters. The number of esters is 2. The first-order valence-electron chi connectivity index (χ1n) is 18.2. The summed E-state index contributed by atoms with van der Waals surface area (Å²) in [6, 6.07) is 2.74. The van der Waals surface area contributed by atoms with Gasteiger partial charge in [-0.15, -0.1) is 12.4 Å². The molecule has 12 nitrogen and oxygen atoms in total. The normalized spacial score (nSPS) is 17.0. The van der Waals surface area contributed by atoms with E-state index < -0.39 is 64.7 Å². The number of H-pyrrole nitrogens is 1. The number of halogens is 7. The van der Waals surface area contributed by atoms with Crippen LogP contribution in [0.25, 0.3) is 0 Å². The molecule has 2 N–H and O–H groups in total. The van der Waals surface area contributed by atoms with Gasteiger partial charge in [-0.25, -0.2) is 26.3 Å². The highest BCUT2D eigenvalue weighted by atomic mass is 35.5. The molecule has 20 heteroatoms. The Morgan fingerprint density at radius 3 is 1.71 bits per heavy atom. The molecule has 0 bridgehead atoms. The van der Waals surface area contributed by atoms with E-state index in [1.807, 2.05) is 6.92 Å². The van der Waals surface area contributed by atoms with Crippen molar-refractivity contribution < 1.29 is 69.4 Å². The van der Waals surface area contributed by atoms with Crippen LogP contribution in [0.4, 0.5) is 26.3 Å². The Hall–Kier alpha value is -4.93. The third kappa shape index (κ3) is 13.8. The lowest BCUT2D eigenvalue weighted by Crippen LogP contribution is -2.33. The van der Waals surface area contributed by atoms with Gasteiger partial charge < -0.3 is 24.3 Å². The summed E-state index contributed by atoms with van der Waals surface area (Å²) in [6.45, 7) is 8.11. The first-order chi connectivity index (χ1) is 27.6. The second-order valence-electron chi connectivity index (χ2n) is 13.0. The standard InChI is InChI=1S/C19H21F3N2O2S.C18H22F3NO3.2CO2.ClH/c1-3-10(18(25)26-4-2)7-14-15-8-11(9-24(15)19(27)23-14)16-12(20)5-6-13(21)17(16)22;1-3-10(18(24)25-4-2)8-15(23)14-7-11(9-22-14)16-12(19)5-6-13(20)17(16)21;2*2-1-3;/h5-6,10-11H,3-4,7-9H2,1-2H3,(H,23,27);5-6,10-11,14,22H,3-4,7-9H2,1-2H3;;;1H/t10?,11-;10?,11-,14?;;;/m00.../s1. The molecule has 5 rings (SSSR count). The van der Waals surface area contributed by atoms with E-state index in [0.29, 0.717) is 37.1 Å². The number of nitrogens with zero attached hydrogens (tertiary/aromatic N) is 1. The van der Waals surface area contributed by atoms with E-state index in [4.69, 9.17) is 40.9 Å². The van der Waals surface area contributed by atoms with Crippen molar-refractivity contribution in [3.63, 3.8) is 0 Å². The maximum Gasteiger partial charge on any atom is 0.373 e. The van der Waals surface area contributed by atoms with Crippen molar-refractivity contribution in [2.45, 2.75) is 90.6 Å². The topological polar surface area (TPSA) is 171 Å². The molecule has 324 valence electrons. The number of carbonyl (C=O) groups is 3. The number of nitrogens with one attached hydrogen (secondary N) is 2. The average Bonchev–Trinajstić information content (AvgIpc) is 3.91. The summed E-state index contributed by atoms with van der Waals surface area (Å²) >= 11 is 5.33. The average molecular weight is 880 g/mol. The molecule has 0 spiro atoms. The highest BCUT2D eigenvalue weighted by Gasteiger charge is 2.36. The minimum absolute atomic E-state index is 0. The minimum Gasteiger partial charge on any atom is -0.466 e. The molecule has 3 aromatic rings. The zero-order chi connectivity index (χ0) is 43.7.